The molecule has 0 aliphatic carbocycles. The Kier molecular flexibility index (Phi) is 3.63. The van der Waals surface area contributed by atoms with E-state index < -0.39 is 0 Å². The molecule has 92 valence electrons. The van der Waals surface area contributed by atoms with Crippen LogP contribution >= 0.6 is 0 Å². The Labute approximate surface area is 104 Å². The van der Waals surface area contributed by atoms with Crippen molar-refractivity contribution >= 4 is 5.78 Å². The summed E-state index contributed by atoms with van der Waals surface area (Å²) >= 11 is 0. The van der Waals surface area contributed by atoms with E-state index in [4.69, 9.17) is 0 Å². The van der Waals surface area contributed by atoms with Crippen molar-refractivity contribution in [3.05, 3.63) is 35.9 Å². The van der Waals surface area contributed by atoms with Crippen LogP contribution in [0.4, 0.5) is 0 Å². The number of likely N-dealkylation sites (tertiary alicyclic amines) is 1. The van der Waals surface area contributed by atoms with Crippen LogP contribution < -0.4 is 0 Å². The van der Waals surface area contributed by atoms with Crippen LogP contribution in [-0.4, -0.2) is 23.3 Å². The van der Waals surface area contributed by atoms with Gasteiger partial charge in [0.1, 0.15) is 0 Å². The van der Waals surface area contributed by atoms with Crippen LogP contribution in [0, 0.1) is 11.8 Å². The maximum atomic E-state index is 12.1. The zero-order chi connectivity index (χ0) is 12.4. The summed E-state index contributed by atoms with van der Waals surface area (Å²) in [6.07, 6.45) is 0. The third-order valence-electron chi connectivity index (χ3n) is 4.01. The number of benzene rings is 1. The molecule has 1 fully saturated rings. The van der Waals surface area contributed by atoms with Crippen molar-refractivity contribution in [2.24, 2.45) is 11.8 Å². The highest BCUT2D eigenvalue weighted by Gasteiger charge is 2.35. The molecule has 2 heteroatoms. The smallest absolute Gasteiger partial charge is 0.152 e. The first-order valence-electron chi connectivity index (χ1n) is 6.41. The van der Waals surface area contributed by atoms with E-state index in [0.717, 1.165) is 13.1 Å². The average Bonchev–Trinajstić information content (AvgIpc) is 2.35. The molecule has 0 aromatic heterocycles. The Morgan fingerprint density at radius 3 is 2.47 bits per heavy atom. The van der Waals surface area contributed by atoms with E-state index in [1.807, 2.05) is 13.0 Å². The number of Topliss-reactive ketones (excluding diaryl/α,β-unsaturated/α-hetero) is 1. The average molecular weight is 231 g/mol. The van der Waals surface area contributed by atoms with Gasteiger partial charge in [-0.05, 0) is 18.4 Å². The first-order valence-corrected chi connectivity index (χ1v) is 6.41. The molecule has 1 saturated heterocycles. The van der Waals surface area contributed by atoms with Gasteiger partial charge in [0.15, 0.2) is 5.78 Å². The van der Waals surface area contributed by atoms with Gasteiger partial charge in [0.25, 0.3) is 0 Å². The molecule has 17 heavy (non-hydrogen) atoms. The molecule has 1 aliphatic heterocycles. The molecular weight excluding hydrogens is 210 g/mol. The van der Waals surface area contributed by atoms with Gasteiger partial charge in [0.05, 0.1) is 6.04 Å². The predicted molar refractivity (Wildman–Crippen MR) is 69.6 cm³/mol. The normalized spacial score (nSPS) is 30.5. The second-order valence-corrected chi connectivity index (χ2v) is 5.26. The second-order valence-electron chi connectivity index (χ2n) is 5.26. The van der Waals surface area contributed by atoms with E-state index >= 15 is 0 Å². The lowest BCUT2D eigenvalue weighted by atomic mass is 9.83. The van der Waals surface area contributed by atoms with E-state index in [2.05, 4.69) is 43.0 Å². The number of hydrogen-bond acceptors (Lipinski definition) is 2. The van der Waals surface area contributed by atoms with Crippen LogP contribution in [0.5, 0.6) is 0 Å². The number of piperidine rings is 1. The highest BCUT2D eigenvalue weighted by atomic mass is 16.1. The lowest BCUT2D eigenvalue weighted by Crippen LogP contribution is -2.50. The number of rotatable bonds is 2. The maximum absolute atomic E-state index is 12.1. The van der Waals surface area contributed by atoms with Crippen LogP contribution in [0.1, 0.15) is 26.3 Å². The predicted octanol–water partition coefficient (Wildman–Crippen LogP) is 2.73. The number of carbonyl (C=O) groups is 1. The molecule has 3 unspecified atom stereocenters. The molecule has 3 atom stereocenters. The van der Waals surface area contributed by atoms with Crippen LogP contribution in [0.2, 0.25) is 0 Å². The van der Waals surface area contributed by atoms with E-state index in [0.29, 0.717) is 11.7 Å². The molecule has 0 radical (unpaired) electrons. The molecule has 1 heterocycles. The number of carbonyl (C=O) groups excluding carboxylic acids is 1. The van der Waals surface area contributed by atoms with E-state index in [9.17, 15) is 4.79 Å². The SMILES string of the molecule is CC1CN(Cc2ccccc2)C(C)C(=O)C1C. The summed E-state index contributed by atoms with van der Waals surface area (Å²) in [5.74, 6) is 1.05. The fourth-order valence-corrected chi connectivity index (χ4v) is 2.55. The summed E-state index contributed by atoms with van der Waals surface area (Å²) in [5, 5.41) is 0. The molecule has 0 N–H and O–H groups in total. The van der Waals surface area contributed by atoms with Crippen LogP contribution in [0.15, 0.2) is 30.3 Å². The molecule has 0 bridgehead atoms. The van der Waals surface area contributed by atoms with Crippen molar-refractivity contribution in [3.63, 3.8) is 0 Å². The fourth-order valence-electron chi connectivity index (χ4n) is 2.55. The number of ketones is 1. The van der Waals surface area contributed by atoms with Crippen molar-refractivity contribution in [2.75, 3.05) is 6.54 Å². The Morgan fingerprint density at radius 1 is 1.18 bits per heavy atom. The third kappa shape index (κ3) is 2.58. The van der Waals surface area contributed by atoms with Gasteiger partial charge in [0.2, 0.25) is 0 Å². The van der Waals surface area contributed by atoms with E-state index in [1.54, 1.807) is 0 Å². The zero-order valence-corrected chi connectivity index (χ0v) is 10.9. The maximum Gasteiger partial charge on any atom is 0.152 e. The monoisotopic (exact) mass is 231 g/mol. The lowest BCUT2D eigenvalue weighted by Gasteiger charge is -2.39. The number of nitrogens with zero attached hydrogens (tertiary/aromatic N) is 1. The Hall–Kier alpha value is -1.15. The lowest BCUT2D eigenvalue weighted by molar-refractivity contribution is -0.133. The molecular formula is C15H21NO. The van der Waals surface area contributed by atoms with Gasteiger partial charge >= 0.3 is 0 Å². The van der Waals surface area contributed by atoms with Crippen LogP contribution in [-0.2, 0) is 11.3 Å². The van der Waals surface area contributed by atoms with Gasteiger partial charge in [-0.15, -0.1) is 0 Å². The minimum absolute atomic E-state index is 0.0569. The molecule has 1 aliphatic rings. The minimum atomic E-state index is 0.0569. The summed E-state index contributed by atoms with van der Waals surface area (Å²) in [4.78, 5) is 14.4. The second kappa shape index (κ2) is 5.01. The molecule has 1 aromatic rings. The molecule has 1 aromatic carbocycles. The summed E-state index contributed by atoms with van der Waals surface area (Å²) < 4.78 is 0. The molecule has 0 saturated carbocycles. The van der Waals surface area contributed by atoms with Gasteiger partial charge in [-0.3, -0.25) is 9.69 Å². The molecule has 2 rings (SSSR count). The first kappa shape index (κ1) is 12.3. The van der Waals surface area contributed by atoms with Crippen molar-refractivity contribution in [2.45, 2.75) is 33.4 Å². The van der Waals surface area contributed by atoms with Gasteiger partial charge in [0, 0.05) is 19.0 Å². The fraction of sp³-hybridized carbons (Fsp3) is 0.533. The summed E-state index contributed by atoms with van der Waals surface area (Å²) in [6.45, 7) is 8.16. The zero-order valence-electron chi connectivity index (χ0n) is 10.9. The van der Waals surface area contributed by atoms with Gasteiger partial charge in [-0.1, -0.05) is 44.2 Å². The topological polar surface area (TPSA) is 20.3 Å². The summed E-state index contributed by atoms with van der Waals surface area (Å²) in [7, 11) is 0. The van der Waals surface area contributed by atoms with Gasteiger partial charge < -0.3 is 0 Å². The molecule has 2 nitrogen and oxygen atoms in total. The highest BCUT2D eigenvalue weighted by Crippen LogP contribution is 2.25. The quantitative estimate of drug-likeness (QED) is 0.780. The van der Waals surface area contributed by atoms with Crippen molar-refractivity contribution in [1.29, 1.82) is 0 Å². The van der Waals surface area contributed by atoms with Gasteiger partial charge in [-0.25, -0.2) is 0 Å². The van der Waals surface area contributed by atoms with Crippen molar-refractivity contribution in [3.8, 4) is 0 Å². The number of hydrogen-bond donors (Lipinski definition) is 0. The third-order valence-corrected chi connectivity index (χ3v) is 4.01. The highest BCUT2D eigenvalue weighted by molar-refractivity contribution is 5.86. The van der Waals surface area contributed by atoms with Crippen molar-refractivity contribution in [1.82, 2.24) is 4.90 Å². The van der Waals surface area contributed by atoms with E-state index in [1.165, 1.54) is 5.56 Å². The largest absolute Gasteiger partial charge is 0.298 e. The van der Waals surface area contributed by atoms with Gasteiger partial charge in [-0.2, -0.15) is 0 Å². The standard InChI is InChI=1S/C15H21NO/c1-11-9-16(13(3)15(17)12(11)2)10-14-7-5-4-6-8-14/h4-8,11-13H,9-10H2,1-3H3. The first-order chi connectivity index (χ1) is 8.09. The Balaban J connectivity index is 2.09. The minimum Gasteiger partial charge on any atom is -0.298 e. The molecule has 0 amide bonds. The van der Waals surface area contributed by atoms with Crippen LogP contribution in [0.3, 0.4) is 0 Å². The van der Waals surface area contributed by atoms with E-state index in [-0.39, 0.29) is 12.0 Å². The Bertz CT molecular complexity index is 387. The van der Waals surface area contributed by atoms with Crippen molar-refractivity contribution < 1.29 is 4.79 Å². The Morgan fingerprint density at radius 2 is 1.82 bits per heavy atom. The van der Waals surface area contributed by atoms with Crippen LogP contribution in [0.25, 0.3) is 0 Å². The summed E-state index contributed by atoms with van der Waals surface area (Å²) in [5.41, 5.74) is 1.29. The molecule has 0 spiro atoms. The summed E-state index contributed by atoms with van der Waals surface area (Å²) in [6, 6.07) is 10.4.